The van der Waals surface area contributed by atoms with Gasteiger partial charge in [-0.1, -0.05) is 85.0 Å². The minimum Gasteiger partial charge on any atom is -0.466 e. The van der Waals surface area contributed by atoms with Gasteiger partial charge in [-0.15, -0.1) is 0 Å². The first-order valence-corrected chi connectivity index (χ1v) is 11.9. The van der Waals surface area contributed by atoms with Gasteiger partial charge >= 0.3 is 11.9 Å². The zero-order valence-electron chi connectivity index (χ0n) is 18.9. The van der Waals surface area contributed by atoms with E-state index in [4.69, 9.17) is 9.47 Å². The maximum Gasteiger partial charge on any atom is 0.305 e. The number of carbonyl (C=O) groups excluding carboxylic acids is 2. The molecule has 0 atom stereocenters. The number of unbranched alkanes of at least 4 members (excludes halogenated alkanes) is 11. The van der Waals surface area contributed by atoms with E-state index in [-0.39, 0.29) is 11.9 Å². The van der Waals surface area contributed by atoms with Gasteiger partial charge in [-0.05, 0) is 31.6 Å². The van der Waals surface area contributed by atoms with Gasteiger partial charge in [0.15, 0.2) is 0 Å². The third-order valence-electron chi connectivity index (χ3n) is 4.98. The van der Waals surface area contributed by atoms with Gasteiger partial charge in [0.1, 0.15) is 0 Å². The van der Waals surface area contributed by atoms with E-state index in [9.17, 15) is 9.59 Å². The summed E-state index contributed by atoms with van der Waals surface area (Å²) in [5.41, 5.74) is 0. The Morgan fingerprint density at radius 3 is 1.50 bits per heavy atom. The predicted molar refractivity (Wildman–Crippen MR) is 116 cm³/mol. The molecule has 0 heterocycles. The molecule has 0 aromatic rings. The largest absolute Gasteiger partial charge is 0.466 e. The van der Waals surface area contributed by atoms with E-state index in [1.54, 1.807) is 0 Å². The molecule has 0 aromatic heterocycles. The molecule has 4 heteroatoms. The number of hydrogen-bond donors (Lipinski definition) is 0. The third kappa shape index (κ3) is 21.2. The van der Waals surface area contributed by atoms with E-state index < -0.39 is 0 Å². The van der Waals surface area contributed by atoms with E-state index >= 15 is 0 Å². The summed E-state index contributed by atoms with van der Waals surface area (Å²) >= 11 is 0. The lowest BCUT2D eigenvalue weighted by Gasteiger charge is -2.07. The van der Waals surface area contributed by atoms with E-state index in [1.165, 1.54) is 57.8 Å². The molecule has 0 bridgehead atoms. The molecule has 0 fully saturated rings. The summed E-state index contributed by atoms with van der Waals surface area (Å²) in [4.78, 5) is 23.2. The first-order chi connectivity index (χ1) is 13.6. The Labute approximate surface area is 174 Å². The summed E-state index contributed by atoms with van der Waals surface area (Å²) in [5, 5.41) is 0. The third-order valence-corrected chi connectivity index (χ3v) is 4.98. The van der Waals surface area contributed by atoms with Crippen LogP contribution in [-0.4, -0.2) is 25.2 Å². The molecule has 0 aromatic carbocycles. The van der Waals surface area contributed by atoms with E-state index in [0.717, 1.165) is 19.3 Å². The average Bonchev–Trinajstić information content (AvgIpc) is 2.66. The van der Waals surface area contributed by atoms with Crippen LogP contribution in [0.4, 0.5) is 0 Å². The predicted octanol–water partition coefficient (Wildman–Crippen LogP) is 6.99. The van der Waals surface area contributed by atoms with Crippen molar-refractivity contribution in [1.82, 2.24) is 0 Å². The number of esters is 2. The van der Waals surface area contributed by atoms with Crippen molar-refractivity contribution in [3.8, 4) is 0 Å². The molecule has 4 nitrogen and oxygen atoms in total. The van der Waals surface area contributed by atoms with Crippen LogP contribution < -0.4 is 0 Å². The highest BCUT2D eigenvalue weighted by Gasteiger charge is 2.06. The summed E-state index contributed by atoms with van der Waals surface area (Å²) < 4.78 is 10.4. The Morgan fingerprint density at radius 1 is 0.607 bits per heavy atom. The summed E-state index contributed by atoms with van der Waals surface area (Å²) in [6.45, 7) is 7.50. The second-order valence-corrected chi connectivity index (χ2v) is 8.37. The van der Waals surface area contributed by atoms with Crippen molar-refractivity contribution >= 4 is 11.9 Å². The van der Waals surface area contributed by atoms with Crippen molar-refractivity contribution in [3.63, 3.8) is 0 Å². The fraction of sp³-hybridized carbons (Fsp3) is 0.917. The van der Waals surface area contributed by atoms with Crippen molar-refractivity contribution in [1.29, 1.82) is 0 Å². The van der Waals surface area contributed by atoms with Crippen molar-refractivity contribution in [2.24, 2.45) is 5.92 Å². The Hall–Kier alpha value is -1.06. The van der Waals surface area contributed by atoms with Crippen LogP contribution in [0.1, 0.15) is 124 Å². The maximum absolute atomic E-state index is 11.7. The molecular weight excluding hydrogens is 352 g/mol. The highest BCUT2D eigenvalue weighted by molar-refractivity contribution is 5.70. The molecule has 166 valence electrons. The summed E-state index contributed by atoms with van der Waals surface area (Å²) in [6.07, 6.45) is 17.3. The van der Waals surface area contributed by atoms with Crippen LogP contribution in [-0.2, 0) is 19.1 Å². The molecule has 0 saturated carbocycles. The molecule has 0 N–H and O–H groups in total. The van der Waals surface area contributed by atoms with E-state index in [2.05, 4.69) is 20.8 Å². The van der Waals surface area contributed by atoms with Crippen molar-refractivity contribution in [3.05, 3.63) is 0 Å². The molecule has 0 saturated heterocycles. The monoisotopic (exact) mass is 398 g/mol. The lowest BCUT2D eigenvalue weighted by atomic mass is 10.1. The number of hydrogen-bond acceptors (Lipinski definition) is 4. The van der Waals surface area contributed by atoms with Gasteiger partial charge in [-0.2, -0.15) is 0 Å². The van der Waals surface area contributed by atoms with E-state index in [1.807, 2.05) is 0 Å². The minimum atomic E-state index is -0.157. The van der Waals surface area contributed by atoms with Crippen LogP contribution in [0.5, 0.6) is 0 Å². The maximum atomic E-state index is 11.7. The molecule has 0 aliphatic rings. The first kappa shape index (κ1) is 26.9. The Kier molecular flexibility index (Phi) is 19.9. The normalized spacial score (nSPS) is 11.0. The molecule has 0 amide bonds. The molecule has 0 aliphatic carbocycles. The summed E-state index contributed by atoms with van der Waals surface area (Å²) in [6, 6.07) is 0. The Bertz CT molecular complexity index is 366. The lowest BCUT2D eigenvalue weighted by Crippen LogP contribution is -2.08. The van der Waals surface area contributed by atoms with Gasteiger partial charge in [-0.25, -0.2) is 0 Å². The standard InChI is InChI=1S/C24H46O4/c1-4-5-6-7-8-9-10-11-12-13-16-20-27-23(25)17-14-15-18-24(26)28-21-19-22(2)3/h22H,4-21H2,1-3H3. The number of ether oxygens (including phenoxy) is 2. The van der Waals surface area contributed by atoms with Gasteiger partial charge in [0.25, 0.3) is 0 Å². The van der Waals surface area contributed by atoms with Crippen LogP contribution >= 0.6 is 0 Å². The van der Waals surface area contributed by atoms with Gasteiger partial charge in [0.05, 0.1) is 13.2 Å². The van der Waals surface area contributed by atoms with Crippen LogP contribution in [0.15, 0.2) is 0 Å². The topological polar surface area (TPSA) is 52.6 Å². The molecular formula is C24H46O4. The molecule has 28 heavy (non-hydrogen) atoms. The molecule has 0 rings (SSSR count). The van der Waals surface area contributed by atoms with Crippen molar-refractivity contribution < 1.29 is 19.1 Å². The SMILES string of the molecule is CCCCCCCCCCCCCOC(=O)CCCCC(=O)OCCC(C)C. The van der Waals surface area contributed by atoms with E-state index in [0.29, 0.717) is 44.8 Å². The van der Waals surface area contributed by atoms with Gasteiger partial charge in [0.2, 0.25) is 0 Å². The van der Waals surface area contributed by atoms with Crippen molar-refractivity contribution in [2.45, 2.75) is 124 Å². The smallest absolute Gasteiger partial charge is 0.305 e. The highest BCUT2D eigenvalue weighted by Crippen LogP contribution is 2.11. The highest BCUT2D eigenvalue weighted by atomic mass is 16.5. The Balaban J connectivity index is 3.28. The lowest BCUT2D eigenvalue weighted by molar-refractivity contribution is -0.146. The first-order valence-electron chi connectivity index (χ1n) is 11.9. The molecule has 0 spiro atoms. The van der Waals surface area contributed by atoms with Crippen LogP contribution in [0.3, 0.4) is 0 Å². The number of carbonyl (C=O) groups is 2. The summed E-state index contributed by atoms with van der Waals surface area (Å²) in [7, 11) is 0. The Morgan fingerprint density at radius 2 is 1.04 bits per heavy atom. The number of rotatable bonds is 20. The average molecular weight is 399 g/mol. The fourth-order valence-corrected chi connectivity index (χ4v) is 3.04. The van der Waals surface area contributed by atoms with Crippen molar-refractivity contribution in [2.75, 3.05) is 13.2 Å². The summed E-state index contributed by atoms with van der Waals surface area (Å²) in [5.74, 6) is 0.248. The molecule has 0 unspecified atom stereocenters. The zero-order valence-corrected chi connectivity index (χ0v) is 18.9. The van der Waals surface area contributed by atoms with Crippen LogP contribution in [0.2, 0.25) is 0 Å². The minimum absolute atomic E-state index is 0.139. The molecule has 0 radical (unpaired) electrons. The van der Waals surface area contributed by atoms with Crippen LogP contribution in [0, 0.1) is 5.92 Å². The zero-order chi connectivity index (χ0) is 20.9. The van der Waals surface area contributed by atoms with Crippen LogP contribution in [0.25, 0.3) is 0 Å². The molecule has 0 aliphatic heterocycles. The van der Waals surface area contributed by atoms with Gasteiger partial charge < -0.3 is 9.47 Å². The van der Waals surface area contributed by atoms with Gasteiger partial charge in [0, 0.05) is 12.8 Å². The fourth-order valence-electron chi connectivity index (χ4n) is 3.04. The second kappa shape index (κ2) is 20.7. The van der Waals surface area contributed by atoms with Gasteiger partial charge in [-0.3, -0.25) is 9.59 Å². The quantitative estimate of drug-likeness (QED) is 0.164. The second-order valence-electron chi connectivity index (χ2n) is 8.37.